The SMILES string of the molecule is CCCCOCCOc1ccc(-c2ccc3c(c2)/C=C(/C(=O)Nc2ccc(S(=O)Cc4c(C)ncn4CC)cc2)CCCN3C[C@H]2CN(C)CCO2)cc1. The van der Waals surface area contributed by atoms with E-state index in [1.807, 2.05) is 54.0 Å². The van der Waals surface area contributed by atoms with Gasteiger partial charge < -0.3 is 33.9 Å². The number of ether oxygens (including phenoxy) is 3. The molecule has 3 aromatic carbocycles. The molecule has 6 rings (SSSR count). The molecule has 1 unspecified atom stereocenters. The predicted molar refractivity (Wildman–Crippen MR) is 218 cm³/mol. The summed E-state index contributed by atoms with van der Waals surface area (Å²) in [5, 5.41) is 3.11. The number of aromatic nitrogens is 2. The average Bonchev–Trinajstić information content (AvgIpc) is 3.53. The fourth-order valence-corrected chi connectivity index (χ4v) is 8.19. The summed E-state index contributed by atoms with van der Waals surface area (Å²) < 4.78 is 33.0. The number of nitrogens with one attached hydrogen (secondary N) is 1. The summed E-state index contributed by atoms with van der Waals surface area (Å²) >= 11 is 0. The molecule has 1 N–H and O–H groups in total. The standard InChI is InChI=1S/C43H55N5O5S/c1-5-7-22-51-24-25-53-38-15-10-33(11-16-38)34-12-19-41-36(26-34)27-35(9-8-20-48(41)29-39-28-46(4)21-23-52-39)43(49)45-37-13-17-40(18-14-37)54(50)30-42-32(3)44-31-47(42)6-2/h10-19,26-27,31,39H,5-9,20-25,28-30H2,1-4H3,(H,45,49)/b35-27+/t39-,54?/m1/s1. The molecule has 288 valence electrons. The van der Waals surface area contributed by atoms with Crippen molar-refractivity contribution < 1.29 is 23.2 Å². The molecule has 2 atom stereocenters. The van der Waals surface area contributed by atoms with Crippen molar-refractivity contribution in [2.45, 2.75) is 69.8 Å². The second-order valence-corrected chi connectivity index (χ2v) is 15.6. The van der Waals surface area contributed by atoms with Gasteiger partial charge in [-0.3, -0.25) is 9.00 Å². The van der Waals surface area contributed by atoms with Crippen LogP contribution in [0.5, 0.6) is 5.75 Å². The molecule has 1 saturated heterocycles. The lowest BCUT2D eigenvalue weighted by Gasteiger charge is -2.36. The van der Waals surface area contributed by atoms with Gasteiger partial charge in [-0.25, -0.2) is 4.98 Å². The number of benzene rings is 3. The largest absolute Gasteiger partial charge is 0.491 e. The van der Waals surface area contributed by atoms with Gasteiger partial charge >= 0.3 is 0 Å². The van der Waals surface area contributed by atoms with Crippen LogP contribution < -0.4 is 15.0 Å². The first-order chi connectivity index (χ1) is 26.3. The van der Waals surface area contributed by atoms with Gasteiger partial charge in [0.2, 0.25) is 0 Å². The molecule has 0 aliphatic carbocycles. The molecule has 0 bridgehead atoms. The van der Waals surface area contributed by atoms with E-state index >= 15 is 0 Å². The normalized spacial score (nSPS) is 17.9. The summed E-state index contributed by atoms with van der Waals surface area (Å²) in [6.45, 7) is 13.0. The van der Waals surface area contributed by atoms with Crippen molar-refractivity contribution in [3.63, 3.8) is 0 Å². The van der Waals surface area contributed by atoms with Crippen LogP contribution in [-0.4, -0.2) is 90.3 Å². The highest BCUT2D eigenvalue weighted by molar-refractivity contribution is 7.84. The van der Waals surface area contributed by atoms with E-state index in [9.17, 15) is 9.00 Å². The van der Waals surface area contributed by atoms with Crippen LogP contribution in [0.15, 0.2) is 83.5 Å². The van der Waals surface area contributed by atoms with Gasteiger partial charge in [0, 0.05) is 61.2 Å². The van der Waals surface area contributed by atoms with Gasteiger partial charge in [0.25, 0.3) is 5.91 Å². The van der Waals surface area contributed by atoms with Gasteiger partial charge in [0.1, 0.15) is 12.4 Å². The Labute approximate surface area is 323 Å². The molecule has 0 spiro atoms. The Morgan fingerprint density at radius 2 is 1.80 bits per heavy atom. The zero-order valence-corrected chi connectivity index (χ0v) is 33.0. The Balaban J connectivity index is 1.19. The van der Waals surface area contributed by atoms with Crippen LogP contribution in [0.3, 0.4) is 0 Å². The molecule has 11 heteroatoms. The van der Waals surface area contributed by atoms with Gasteiger partial charge in [0.05, 0.1) is 53.6 Å². The van der Waals surface area contributed by atoms with Crippen molar-refractivity contribution >= 4 is 34.2 Å². The number of hydrogen-bond donors (Lipinski definition) is 1. The number of amides is 1. The van der Waals surface area contributed by atoms with Crippen molar-refractivity contribution in [3.05, 3.63) is 95.6 Å². The third-order valence-electron chi connectivity index (χ3n) is 10.1. The van der Waals surface area contributed by atoms with Crippen molar-refractivity contribution in [2.75, 3.05) is 69.9 Å². The second kappa shape index (κ2) is 19.3. The van der Waals surface area contributed by atoms with Crippen molar-refractivity contribution in [1.29, 1.82) is 0 Å². The van der Waals surface area contributed by atoms with E-state index in [2.05, 4.69) is 71.3 Å². The van der Waals surface area contributed by atoms with Crippen LogP contribution in [-0.2, 0) is 37.4 Å². The van der Waals surface area contributed by atoms with E-state index in [0.717, 1.165) is 110 Å². The lowest BCUT2D eigenvalue weighted by Crippen LogP contribution is -2.46. The number of aryl methyl sites for hydroxylation is 2. The number of morpholine rings is 1. The maximum absolute atomic E-state index is 13.9. The maximum atomic E-state index is 13.9. The first-order valence-corrected chi connectivity index (χ1v) is 20.6. The molecular formula is C43H55N5O5S. The molecule has 1 fully saturated rings. The van der Waals surface area contributed by atoms with Crippen LogP contribution in [0.2, 0.25) is 0 Å². The number of rotatable bonds is 16. The number of unbranched alkanes of at least 4 members (excludes halogenated alkanes) is 1. The number of fused-ring (bicyclic) bond motifs is 1. The third kappa shape index (κ3) is 10.5. The van der Waals surface area contributed by atoms with Gasteiger partial charge in [-0.15, -0.1) is 0 Å². The van der Waals surface area contributed by atoms with Crippen molar-refractivity contribution in [1.82, 2.24) is 14.5 Å². The molecule has 54 heavy (non-hydrogen) atoms. The predicted octanol–water partition coefficient (Wildman–Crippen LogP) is 7.33. The third-order valence-corrected chi connectivity index (χ3v) is 11.4. The topological polar surface area (TPSA) is 98.2 Å². The molecule has 0 radical (unpaired) electrons. The summed E-state index contributed by atoms with van der Waals surface area (Å²) in [5.74, 6) is 1.07. The van der Waals surface area contributed by atoms with Gasteiger partial charge in [0.15, 0.2) is 0 Å². The van der Waals surface area contributed by atoms with E-state index in [4.69, 9.17) is 14.2 Å². The highest BCUT2D eigenvalue weighted by atomic mass is 32.2. The summed E-state index contributed by atoms with van der Waals surface area (Å²) in [5.41, 5.74) is 7.50. The van der Waals surface area contributed by atoms with Crippen LogP contribution >= 0.6 is 0 Å². The Morgan fingerprint density at radius 3 is 2.56 bits per heavy atom. The average molecular weight is 754 g/mol. The van der Waals surface area contributed by atoms with E-state index in [1.165, 1.54) is 0 Å². The fraction of sp³-hybridized carbons (Fsp3) is 0.442. The minimum Gasteiger partial charge on any atom is -0.491 e. The second-order valence-electron chi connectivity index (χ2n) is 14.1. The number of likely N-dealkylation sites (N-methyl/N-ethyl adjacent to an activating group) is 1. The van der Waals surface area contributed by atoms with E-state index in [-0.39, 0.29) is 12.0 Å². The number of nitrogens with zero attached hydrogens (tertiary/aromatic N) is 4. The van der Waals surface area contributed by atoms with Gasteiger partial charge in [-0.05, 0) is 111 Å². The summed E-state index contributed by atoms with van der Waals surface area (Å²) in [6, 6.07) is 22.0. The Hall–Kier alpha value is -4.29. The van der Waals surface area contributed by atoms with Crippen LogP contribution in [0.25, 0.3) is 17.2 Å². The van der Waals surface area contributed by atoms with Gasteiger partial charge in [-0.1, -0.05) is 31.5 Å². The number of anilines is 2. The number of imidazole rings is 1. The zero-order valence-electron chi connectivity index (χ0n) is 32.2. The summed E-state index contributed by atoms with van der Waals surface area (Å²) in [4.78, 5) is 23.7. The van der Waals surface area contributed by atoms with Crippen LogP contribution in [0.4, 0.5) is 11.4 Å². The molecule has 2 aliphatic rings. The summed E-state index contributed by atoms with van der Waals surface area (Å²) in [7, 11) is 0.911. The highest BCUT2D eigenvalue weighted by Crippen LogP contribution is 2.33. The minimum atomic E-state index is -1.23. The van der Waals surface area contributed by atoms with Crippen LogP contribution in [0.1, 0.15) is 56.5 Å². The monoisotopic (exact) mass is 753 g/mol. The number of carbonyl (C=O) groups is 1. The van der Waals surface area contributed by atoms with E-state index in [0.29, 0.717) is 36.0 Å². The van der Waals surface area contributed by atoms with E-state index in [1.54, 1.807) is 6.33 Å². The summed E-state index contributed by atoms with van der Waals surface area (Å²) in [6.07, 6.45) is 7.61. The quantitative estimate of drug-likeness (QED) is 0.119. The van der Waals surface area contributed by atoms with Crippen molar-refractivity contribution in [3.8, 4) is 16.9 Å². The molecule has 1 amide bonds. The van der Waals surface area contributed by atoms with Crippen molar-refractivity contribution in [2.24, 2.45) is 0 Å². The first-order valence-electron chi connectivity index (χ1n) is 19.3. The first kappa shape index (κ1) is 39.4. The zero-order chi connectivity index (χ0) is 37.9. The Bertz CT molecular complexity index is 1890. The molecule has 3 heterocycles. The fourth-order valence-electron chi connectivity index (χ4n) is 6.96. The molecule has 4 aromatic rings. The number of carbonyl (C=O) groups excluding carboxylic acids is 1. The maximum Gasteiger partial charge on any atom is 0.251 e. The molecule has 2 aliphatic heterocycles. The van der Waals surface area contributed by atoms with E-state index < -0.39 is 10.8 Å². The molecule has 0 saturated carbocycles. The minimum absolute atomic E-state index is 0.113. The molecule has 10 nitrogen and oxygen atoms in total. The Kier molecular flexibility index (Phi) is 14.1. The lowest BCUT2D eigenvalue weighted by molar-refractivity contribution is -0.112. The molecular weight excluding hydrogens is 699 g/mol. The van der Waals surface area contributed by atoms with Crippen LogP contribution in [0, 0.1) is 6.92 Å². The highest BCUT2D eigenvalue weighted by Gasteiger charge is 2.24. The smallest absolute Gasteiger partial charge is 0.251 e. The Morgan fingerprint density at radius 1 is 1.00 bits per heavy atom. The molecule has 1 aromatic heterocycles. The van der Waals surface area contributed by atoms with Gasteiger partial charge in [-0.2, -0.15) is 0 Å². The number of hydrogen-bond acceptors (Lipinski definition) is 8. The lowest BCUT2D eigenvalue weighted by atomic mass is 9.96.